The minimum absolute atomic E-state index is 0.242. The quantitative estimate of drug-likeness (QED) is 0.642. The fourth-order valence-electron chi connectivity index (χ4n) is 1.52. The Morgan fingerprint density at radius 3 is 2.38 bits per heavy atom. The van der Waals surface area contributed by atoms with Crippen molar-refractivity contribution < 1.29 is 0 Å². The van der Waals surface area contributed by atoms with Crippen molar-refractivity contribution in [3.63, 3.8) is 0 Å². The van der Waals surface area contributed by atoms with Gasteiger partial charge in [-0.05, 0) is 11.1 Å². The second-order valence-electron chi connectivity index (χ2n) is 3.47. The molecule has 16 heavy (non-hydrogen) atoms. The fourth-order valence-corrected chi connectivity index (χ4v) is 1.52. The topological polar surface area (TPSA) is 96.7 Å². The van der Waals surface area contributed by atoms with Crippen LogP contribution in [0.5, 0.6) is 0 Å². The fraction of sp³-hybridized carbons (Fsp3) is 0.200. The summed E-state index contributed by atoms with van der Waals surface area (Å²) in [7, 11) is 0. The summed E-state index contributed by atoms with van der Waals surface area (Å²) in [4.78, 5) is 22.5. The van der Waals surface area contributed by atoms with E-state index < -0.39 is 11.4 Å². The van der Waals surface area contributed by atoms with Crippen molar-refractivity contribution in [1.29, 1.82) is 0 Å². The van der Waals surface area contributed by atoms with E-state index in [2.05, 4.69) is 10.2 Å². The van der Waals surface area contributed by atoms with E-state index >= 15 is 0 Å². The van der Waals surface area contributed by atoms with Crippen LogP contribution in [0.3, 0.4) is 0 Å². The molecule has 0 atom stereocenters. The standard InChI is InChI=1S/C10H12N4O2/c11-5-7-2-1-3-8(4-7)6-14-9(15)12-13-10(14)16/h1-4H,5-6,11H2,(H,12,15)(H,13,16). The first-order valence-corrected chi connectivity index (χ1v) is 4.86. The van der Waals surface area contributed by atoms with Gasteiger partial charge in [-0.25, -0.2) is 24.4 Å². The van der Waals surface area contributed by atoms with Gasteiger partial charge in [0.1, 0.15) is 0 Å². The summed E-state index contributed by atoms with van der Waals surface area (Å²) in [5.41, 5.74) is 6.47. The van der Waals surface area contributed by atoms with Gasteiger partial charge in [-0.15, -0.1) is 0 Å². The van der Waals surface area contributed by atoms with Gasteiger partial charge in [0.2, 0.25) is 0 Å². The molecule has 6 heteroatoms. The first-order valence-electron chi connectivity index (χ1n) is 4.86. The number of nitrogens with one attached hydrogen (secondary N) is 2. The van der Waals surface area contributed by atoms with Gasteiger partial charge in [-0.2, -0.15) is 0 Å². The number of benzene rings is 1. The molecule has 2 aromatic rings. The molecule has 1 aromatic heterocycles. The first kappa shape index (κ1) is 10.4. The molecule has 6 nitrogen and oxygen atoms in total. The second-order valence-corrected chi connectivity index (χ2v) is 3.47. The highest BCUT2D eigenvalue weighted by Gasteiger charge is 2.03. The molecular weight excluding hydrogens is 208 g/mol. The molecule has 1 heterocycles. The van der Waals surface area contributed by atoms with E-state index in [-0.39, 0.29) is 6.54 Å². The molecule has 0 unspecified atom stereocenters. The second kappa shape index (κ2) is 4.19. The molecule has 0 radical (unpaired) electrons. The van der Waals surface area contributed by atoms with E-state index in [1.54, 1.807) is 0 Å². The average molecular weight is 220 g/mol. The summed E-state index contributed by atoms with van der Waals surface area (Å²) in [5.74, 6) is 0. The maximum Gasteiger partial charge on any atom is 0.344 e. The summed E-state index contributed by atoms with van der Waals surface area (Å²) >= 11 is 0. The van der Waals surface area contributed by atoms with Gasteiger partial charge in [0.15, 0.2) is 0 Å². The van der Waals surface area contributed by atoms with Crippen LogP contribution in [0.4, 0.5) is 0 Å². The number of hydrogen-bond acceptors (Lipinski definition) is 3. The Morgan fingerprint density at radius 1 is 1.12 bits per heavy atom. The summed E-state index contributed by atoms with van der Waals surface area (Å²) < 4.78 is 1.09. The molecule has 0 aliphatic carbocycles. The predicted octanol–water partition coefficient (Wildman–Crippen LogP) is -0.628. The van der Waals surface area contributed by atoms with Crippen LogP contribution in [0.25, 0.3) is 0 Å². The molecule has 0 aliphatic heterocycles. The van der Waals surface area contributed by atoms with Crippen LogP contribution in [0.2, 0.25) is 0 Å². The van der Waals surface area contributed by atoms with E-state index in [1.807, 2.05) is 24.3 Å². The summed E-state index contributed by atoms with van der Waals surface area (Å²) in [6.07, 6.45) is 0. The van der Waals surface area contributed by atoms with Gasteiger partial charge >= 0.3 is 11.4 Å². The molecule has 0 saturated heterocycles. The zero-order chi connectivity index (χ0) is 11.5. The minimum Gasteiger partial charge on any atom is -0.326 e. The maximum atomic E-state index is 11.3. The molecule has 0 fully saturated rings. The van der Waals surface area contributed by atoms with Gasteiger partial charge in [0.25, 0.3) is 0 Å². The van der Waals surface area contributed by atoms with Crippen molar-refractivity contribution in [1.82, 2.24) is 14.8 Å². The monoisotopic (exact) mass is 220 g/mol. The minimum atomic E-state index is -0.442. The number of nitrogens with two attached hydrogens (primary N) is 1. The Bertz CT molecular complexity index is 566. The van der Waals surface area contributed by atoms with Crippen molar-refractivity contribution in [2.45, 2.75) is 13.1 Å². The maximum absolute atomic E-state index is 11.3. The normalized spacial score (nSPS) is 10.6. The van der Waals surface area contributed by atoms with Gasteiger partial charge in [0, 0.05) is 6.54 Å². The van der Waals surface area contributed by atoms with Gasteiger partial charge in [-0.1, -0.05) is 24.3 Å². The van der Waals surface area contributed by atoms with Crippen LogP contribution in [0, 0.1) is 0 Å². The Morgan fingerprint density at radius 2 is 1.75 bits per heavy atom. The van der Waals surface area contributed by atoms with Crippen molar-refractivity contribution in [3.05, 3.63) is 56.4 Å². The van der Waals surface area contributed by atoms with E-state index in [0.29, 0.717) is 6.54 Å². The highest BCUT2D eigenvalue weighted by molar-refractivity contribution is 5.23. The third kappa shape index (κ3) is 1.96. The SMILES string of the molecule is NCc1cccc(Cn2c(=O)[nH][nH]c2=O)c1. The van der Waals surface area contributed by atoms with Crippen LogP contribution in [0.1, 0.15) is 11.1 Å². The first-order chi connectivity index (χ1) is 7.70. The van der Waals surface area contributed by atoms with Crippen molar-refractivity contribution in [2.75, 3.05) is 0 Å². The van der Waals surface area contributed by atoms with Crippen molar-refractivity contribution >= 4 is 0 Å². The lowest BCUT2D eigenvalue weighted by Gasteiger charge is -2.02. The molecule has 0 amide bonds. The van der Waals surface area contributed by atoms with Crippen molar-refractivity contribution in [2.24, 2.45) is 5.73 Å². The molecule has 0 saturated carbocycles. The predicted molar refractivity (Wildman–Crippen MR) is 59.1 cm³/mol. The van der Waals surface area contributed by atoms with Crippen LogP contribution in [-0.2, 0) is 13.1 Å². The highest BCUT2D eigenvalue weighted by atomic mass is 16.2. The van der Waals surface area contributed by atoms with Gasteiger partial charge < -0.3 is 5.73 Å². The lowest BCUT2D eigenvalue weighted by molar-refractivity contribution is 0.732. The Hall–Kier alpha value is -2.08. The molecule has 0 bridgehead atoms. The lowest BCUT2D eigenvalue weighted by Crippen LogP contribution is -2.27. The largest absolute Gasteiger partial charge is 0.344 e. The highest BCUT2D eigenvalue weighted by Crippen LogP contribution is 2.04. The third-order valence-electron chi connectivity index (χ3n) is 2.33. The number of rotatable bonds is 3. The van der Waals surface area contributed by atoms with Gasteiger partial charge in [0.05, 0.1) is 6.54 Å². The van der Waals surface area contributed by atoms with Crippen LogP contribution < -0.4 is 17.1 Å². The third-order valence-corrected chi connectivity index (χ3v) is 2.33. The van der Waals surface area contributed by atoms with E-state index in [0.717, 1.165) is 15.7 Å². The molecule has 1 aromatic carbocycles. The Balaban J connectivity index is 2.34. The zero-order valence-corrected chi connectivity index (χ0v) is 8.56. The molecule has 84 valence electrons. The Kier molecular flexibility index (Phi) is 2.74. The number of H-pyrrole nitrogens is 2. The molecule has 0 spiro atoms. The average Bonchev–Trinajstić information content (AvgIpc) is 2.61. The lowest BCUT2D eigenvalue weighted by atomic mass is 10.1. The summed E-state index contributed by atoms with van der Waals surface area (Å²) in [6, 6.07) is 7.47. The number of aromatic amines is 2. The van der Waals surface area contributed by atoms with Crippen LogP contribution in [-0.4, -0.2) is 14.8 Å². The number of nitrogens with zero attached hydrogens (tertiary/aromatic N) is 1. The van der Waals surface area contributed by atoms with Gasteiger partial charge in [-0.3, -0.25) is 0 Å². The molecular formula is C10H12N4O2. The summed E-state index contributed by atoms with van der Waals surface area (Å²) in [6.45, 7) is 0.678. The molecule has 4 N–H and O–H groups in total. The molecule has 0 aliphatic rings. The molecule has 2 rings (SSSR count). The van der Waals surface area contributed by atoms with Crippen molar-refractivity contribution in [3.8, 4) is 0 Å². The Labute approximate surface area is 90.7 Å². The van der Waals surface area contributed by atoms with Crippen LogP contribution in [0.15, 0.2) is 33.9 Å². The zero-order valence-electron chi connectivity index (χ0n) is 8.56. The number of hydrogen-bond donors (Lipinski definition) is 3. The summed E-state index contributed by atoms with van der Waals surface area (Å²) in [5, 5.41) is 4.46. The van der Waals surface area contributed by atoms with E-state index in [9.17, 15) is 9.59 Å². The number of aromatic nitrogens is 3. The van der Waals surface area contributed by atoms with Crippen LogP contribution >= 0.6 is 0 Å². The van der Waals surface area contributed by atoms with E-state index in [4.69, 9.17) is 5.73 Å². The van der Waals surface area contributed by atoms with E-state index in [1.165, 1.54) is 0 Å². The smallest absolute Gasteiger partial charge is 0.326 e.